The Bertz CT molecular complexity index is 706. The highest BCUT2D eigenvalue weighted by Crippen LogP contribution is 2.32. The third-order valence-electron chi connectivity index (χ3n) is 2.76. The lowest BCUT2D eigenvalue weighted by Gasteiger charge is -2.06. The number of benzene rings is 2. The first kappa shape index (κ1) is 11.0. The zero-order valence-corrected chi connectivity index (χ0v) is 10.3. The van der Waals surface area contributed by atoms with Crippen molar-refractivity contribution >= 4 is 38.5 Å². The first-order valence-corrected chi connectivity index (χ1v) is 6.40. The molecule has 4 heteroatoms. The van der Waals surface area contributed by atoms with E-state index in [9.17, 15) is 4.39 Å². The molecule has 0 saturated carbocycles. The van der Waals surface area contributed by atoms with E-state index >= 15 is 0 Å². The molecule has 3 rings (SSSR count). The van der Waals surface area contributed by atoms with Gasteiger partial charge in [-0.3, -0.25) is 0 Å². The Morgan fingerprint density at radius 2 is 1.94 bits per heavy atom. The summed E-state index contributed by atoms with van der Waals surface area (Å²) in [6, 6.07) is 12.8. The molecule has 0 amide bonds. The van der Waals surface area contributed by atoms with Crippen molar-refractivity contribution < 1.29 is 4.39 Å². The molecule has 0 radical (unpaired) electrons. The van der Waals surface area contributed by atoms with Gasteiger partial charge in [0.2, 0.25) is 0 Å². The monoisotopic (exact) mass is 258 g/mol. The highest BCUT2D eigenvalue weighted by molar-refractivity contribution is 7.17. The van der Waals surface area contributed by atoms with Gasteiger partial charge in [-0.05, 0) is 24.3 Å². The molecule has 0 spiro atoms. The van der Waals surface area contributed by atoms with E-state index < -0.39 is 5.82 Å². The number of thiophene rings is 1. The van der Waals surface area contributed by atoms with Gasteiger partial charge < -0.3 is 11.1 Å². The van der Waals surface area contributed by atoms with Crippen molar-refractivity contribution in [3.05, 3.63) is 53.7 Å². The van der Waals surface area contributed by atoms with Gasteiger partial charge in [-0.25, -0.2) is 4.39 Å². The second kappa shape index (κ2) is 4.31. The summed E-state index contributed by atoms with van der Waals surface area (Å²) in [6.07, 6.45) is 0. The molecule has 0 unspecified atom stereocenters. The minimum Gasteiger partial charge on any atom is -0.396 e. The van der Waals surface area contributed by atoms with Crippen LogP contribution in [-0.4, -0.2) is 0 Å². The van der Waals surface area contributed by atoms with E-state index in [2.05, 4.69) is 11.4 Å². The molecule has 90 valence electrons. The summed E-state index contributed by atoms with van der Waals surface area (Å²) in [5.74, 6) is -0.403. The molecule has 1 aromatic heterocycles. The highest BCUT2D eigenvalue weighted by atomic mass is 32.1. The summed E-state index contributed by atoms with van der Waals surface area (Å²) < 4.78 is 14.6. The van der Waals surface area contributed by atoms with Crippen LogP contribution in [0.4, 0.5) is 21.5 Å². The number of rotatable bonds is 2. The standard InChI is InChI=1S/C14H11FN2S/c15-11-7-9(5-6-12(11)16)17-13-8-18-14-4-2-1-3-10(13)14/h1-8,17H,16H2. The molecule has 0 aliphatic carbocycles. The van der Waals surface area contributed by atoms with E-state index in [4.69, 9.17) is 5.73 Å². The van der Waals surface area contributed by atoms with Gasteiger partial charge in [0.15, 0.2) is 0 Å². The van der Waals surface area contributed by atoms with Gasteiger partial charge in [0, 0.05) is 21.2 Å². The Kier molecular flexibility index (Phi) is 2.64. The Morgan fingerprint density at radius 3 is 2.78 bits per heavy atom. The van der Waals surface area contributed by atoms with E-state index in [1.54, 1.807) is 23.5 Å². The maximum atomic E-state index is 13.4. The summed E-state index contributed by atoms with van der Waals surface area (Å²) in [4.78, 5) is 0. The van der Waals surface area contributed by atoms with E-state index in [0.717, 1.165) is 11.1 Å². The molecular weight excluding hydrogens is 247 g/mol. The van der Waals surface area contributed by atoms with Crippen LogP contribution in [0.5, 0.6) is 0 Å². The van der Waals surface area contributed by atoms with Crippen LogP contribution in [0, 0.1) is 5.82 Å². The SMILES string of the molecule is Nc1ccc(Nc2csc3ccccc23)cc1F. The molecule has 2 aromatic carbocycles. The van der Waals surface area contributed by atoms with Gasteiger partial charge in [-0.15, -0.1) is 11.3 Å². The molecule has 0 bridgehead atoms. The molecule has 3 aromatic rings. The van der Waals surface area contributed by atoms with Crippen LogP contribution in [0.2, 0.25) is 0 Å². The second-order valence-corrected chi connectivity index (χ2v) is 4.92. The third-order valence-corrected chi connectivity index (χ3v) is 3.72. The number of hydrogen-bond acceptors (Lipinski definition) is 3. The molecule has 1 heterocycles. The van der Waals surface area contributed by atoms with Gasteiger partial charge in [0.25, 0.3) is 0 Å². The van der Waals surface area contributed by atoms with E-state index in [1.807, 2.05) is 23.6 Å². The number of anilines is 3. The summed E-state index contributed by atoms with van der Waals surface area (Å²) in [6.45, 7) is 0. The number of halogens is 1. The maximum Gasteiger partial charge on any atom is 0.148 e. The lowest BCUT2D eigenvalue weighted by atomic mass is 10.2. The number of nitrogens with two attached hydrogens (primary N) is 1. The van der Waals surface area contributed by atoms with Gasteiger partial charge in [0.05, 0.1) is 11.4 Å². The lowest BCUT2D eigenvalue weighted by molar-refractivity contribution is 0.633. The minimum atomic E-state index is -0.403. The van der Waals surface area contributed by atoms with Crippen molar-refractivity contribution in [1.82, 2.24) is 0 Å². The second-order valence-electron chi connectivity index (χ2n) is 4.01. The molecule has 0 aliphatic heterocycles. The quantitative estimate of drug-likeness (QED) is 0.670. The predicted molar refractivity (Wildman–Crippen MR) is 75.9 cm³/mol. The minimum absolute atomic E-state index is 0.163. The van der Waals surface area contributed by atoms with E-state index in [0.29, 0.717) is 5.69 Å². The van der Waals surface area contributed by atoms with Crippen molar-refractivity contribution in [2.24, 2.45) is 0 Å². The van der Waals surface area contributed by atoms with Crippen LogP contribution in [0.3, 0.4) is 0 Å². The van der Waals surface area contributed by atoms with Gasteiger partial charge in [-0.1, -0.05) is 18.2 Å². The molecule has 3 N–H and O–H groups in total. The fraction of sp³-hybridized carbons (Fsp3) is 0. The normalized spacial score (nSPS) is 10.7. The molecule has 0 fully saturated rings. The number of nitrogen functional groups attached to an aromatic ring is 1. The van der Waals surface area contributed by atoms with Crippen molar-refractivity contribution in [3.63, 3.8) is 0 Å². The number of hydrogen-bond donors (Lipinski definition) is 2. The molecule has 0 aliphatic rings. The number of fused-ring (bicyclic) bond motifs is 1. The van der Waals surface area contributed by atoms with Gasteiger partial charge in [-0.2, -0.15) is 0 Å². The topological polar surface area (TPSA) is 38.0 Å². The lowest BCUT2D eigenvalue weighted by Crippen LogP contribution is -1.93. The maximum absolute atomic E-state index is 13.4. The van der Waals surface area contributed by atoms with E-state index in [-0.39, 0.29) is 5.69 Å². The first-order chi connectivity index (χ1) is 8.74. The van der Waals surface area contributed by atoms with Gasteiger partial charge in [0.1, 0.15) is 5.82 Å². The Hall–Kier alpha value is -2.07. The van der Waals surface area contributed by atoms with Crippen LogP contribution in [0.15, 0.2) is 47.8 Å². The Morgan fingerprint density at radius 1 is 1.11 bits per heavy atom. The van der Waals surface area contributed by atoms with Crippen LogP contribution in [-0.2, 0) is 0 Å². The molecule has 0 saturated heterocycles. The predicted octanol–water partition coefficient (Wildman–Crippen LogP) is 4.37. The molecule has 18 heavy (non-hydrogen) atoms. The zero-order chi connectivity index (χ0) is 12.5. The van der Waals surface area contributed by atoms with Crippen LogP contribution in [0.1, 0.15) is 0 Å². The van der Waals surface area contributed by atoms with Crippen molar-refractivity contribution in [2.45, 2.75) is 0 Å². The fourth-order valence-electron chi connectivity index (χ4n) is 1.84. The number of nitrogens with one attached hydrogen (secondary N) is 1. The molecule has 2 nitrogen and oxygen atoms in total. The summed E-state index contributed by atoms with van der Waals surface area (Å²) in [5.41, 5.74) is 7.30. The van der Waals surface area contributed by atoms with E-state index in [1.165, 1.54) is 10.8 Å². The average molecular weight is 258 g/mol. The molecular formula is C14H11FN2S. The van der Waals surface area contributed by atoms with Gasteiger partial charge >= 0.3 is 0 Å². The third kappa shape index (κ3) is 1.91. The Labute approximate surface area is 108 Å². The largest absolute Gasteiger partial charge is 0.396 e. The van der Waals surface area contributed by atoms with Crippen LogP contribution in [0.25, 0.3) is 10.1 Å². The summed E-state index contributed by atoms with van der Waals surface area (Å²) in [5, 5.41) is 6.38. The molecule has 0 atom stereocenters. The van der Waals surface area contributed by atoms with Crippen molar-refractivity contribution in [1.29, 1.82) is 0 Å². The highest BCUT2D eigenvalue weighted by Gasteiger charge is 2.05. The summed E-state index contributed by atoms with van der Waals surface area (Å²) >= 11 is 1.66. The first-order valence-electron chi connectivity index (χ1n) is 5.52. The fourth-order valence-corrected chi connectivity index (χ4v) is 2.73. The zero-order valence-electron chi connectivity index (χ0n) is 9.48. The van der Waals surface area contributed by atoms with Crippen LogP contribution >= 0.6 is 11.3 Å². The smallest absolute Gasteiger partial charge is 0.148 e. The van der Waals surface area contributed by atoms with Crippen molar-refractivity contribution in [3.8, 4) is 0 Å². The summed E-state index contributed by atoms with van der Waals surface area (Å²) in [7, 11) is 0. The Balaban J connectivity index is 1.98. The average Bonchev–Trinajstić information content (AvgIpc) is 2.78. The van der Waals surface area contributed by atoms with Crippen LogP contribution < -0.4 is 11.1 Å². The van der Waals surface area contributed by atoms with Crippen molar-refractivity contribution in [2.75, 3.05) is 11.1 Å².